The van der Waals surface area contributed by atoms with Crippen molar-refractivity contribution in [3.63, 3.8) is 0 Å². The zero-order valence-electron chi connectivity index (χ0n) is 15.2. The molecule has 140 valence electrons. The number of aromatic nitrogens is 4. The van der Waals surface area contributed by atoms with E-state index in [-0.39, 0.29) is 5.91 Å². The quantitative estimate of drug-likeness (QED) is 0.608. The van der Waals surface area contributed by atoms with Gasteiger partial charge in [0, 0.05) is 24.2 Å². The SMILES string of the molecule is Cc1nnc(SCc2nc(C(=O)N3CCCCC3)cs2)n1-c1ccccc1. The minimum absolute atomic E-state index is 0.0606. The van der Waals surface area contributed by atoms with Crippen LogP contribution in [0.2, 0.25) is 0 Å². The highest BCUT2D eigenvalue weighted by Gasteiger charge is 2.21. The Kier molecular flexibility index (Phi) is 5.54. The van der Waals surface area contributed by atoms with E-state index >= 15 is 0 Å². The van der Waals surface area contributed by atoms with Crippen molar-refractivity contribution >= 4 is 29.0 Å². The number of hydrogen-bond acceptors (Lipinski definition) is 6. The predicted octanol–water partition coefficient (Wildman–Crippen LogP) is 3.95. The molecule has 1 aliphatic heterocycles. The maximum Gasteiger partial charge on any atom is 0.273 e. The van der Waals surface area contributed by atoms with Gasteiger partial charge in [-0.3, -0.25) is 9.36 Å². The highest BCUT2D eigenvalue weighted by atomic mass is 32.2. The summed E-state index contributed by atoms with van der Waals surface area (Å²) in [5.74, 6) is 1.58. The number of aryl methyl sites for hydroxylation is 1. The Morgan fingerprint density at radius 1 is 1.15 bits per heavy atom. The van der Waals surface area contributed by atoms with Gasteiger partial charge in [-0.25, -0.2) is 4.98 Å². The van der Waals surface area contributed by atoms with E-state index in [1.54, 1.807) is 11.8 Å². The van der Waals surface area contributed by atoms with Crippen LogP contribution in [-0.2, 0) is 5.75 Å². The molecule has 6 nitrogen and oxygen atoms in total. The molecule has 0 aliphatic carbocycles. The number of benzene rings is 1. The molecule has 8 heteroatoms. The summed E-state index contributed by atoms with van der Waals surface area (Å²) in [6, 6.07) is 10.1. The van der Waals surface area contributed by atoms with Gasteiger partial charge < -0.3 is 4.90 Å². The Morgan fingerprint density at radius 2 is 1.93 bits per heavy atom. The first-order chi connectivity index (χ1) is 13.2. The lowest BCUT2D eigenvalue weighted by Crippen LogP contribution is -2.35. The highest BCUT2D eigenvalue weighted by molar-refractivity contribution is 7.98. The molecule has 1 amide bonds. The molecule has 0 saturated carbocycles. The number of likely N-dealkylation sites (tertiary alicyclic amines) is 1. The van der Waals surface area contributed by atoms with Crippen LogP contribution in [-0.4, -0.2) is 43.6 Å². The first-order valence-corrected chi connectivity index (χ1v) is 10.9. The van der Waals surface area contributed by atoms with Gasteiger partial charge in [-0.2, -0.15) is 0 Å². The largest absolute Gasteiger partial charge is 0.337 e. The number of carbonyl (C=O) groups excluding carboxylic acids is 1. The lowest BCUT2D eigenvalue weighted by Gasteiger charge is -2.25. The molecule has 1 saturated heterocycles. The third-order valence-electron chi connectivity index (χ3n) is 4.55. The van der Waals surface area contributed by atoms with Crippen molar-refractivity contribution < 1.29 is 4.79 Å². The zero-order valence-corrected chi connectivity index (χ0v) is 16.8. The van der Waals surface area contributed by atoms with Crippen LogP contribution in [0.25, 0.3) is 5.69 Å². The van der Waals surface area contributed by atoms with E-state index in [1.165, 1.54) is 17.8 Å². The number of thioether (sulfide) groups is 1. The van der Waals surface area contributed by atoms with E-state index < -0.39 is 0 Å². The molecule has 1 aliphatic rings. The number of para-hydroxylation sites is 1. The summed E-state index contributed by atoms with van der Waals surface area (Å²) in [5, 5.41) is 12.2. The molecule has 0 atom stereocenters. The van der Waals surface area contributed by atoms with Crippen LogP contribution in [0.5, 0.6) is 0 Å². The summed E-state index contributed by atoms with van der Waals surface area (Å²) in [4.78, 5) is 19.0. The van der Waals surface area contributed by atoms with Crippen molar-refractivity contribution in [1.82, 2.24) is 24.6 Å². The van der Waals surface area contributed by atoms with Gasteiger partial charge in [0.15, 0.2) is 5.16 Å². The number of carbonyl (C=O) groups is 1. The fourth-order valence-corrected chi connectivity index (χ4v) is 4.95. The number of rotatable bonds is 5. The van der Waals surface area contributed by atoms with Crippen LogP contribution in [0.3, 0.4) is 0 Å². The molecule has 4 rings (SSSR count). The summed E-state index contributed by atoms with van der Waals surface area (Å²) in [6.45, 7) is 3.64. The maximum absolute atomic E-state index is 12.6. The van der Waals surface area contributed by atoms with E-state index in [2.05, 4.69) is 15.2 Å². The second-order valence-corrected chi connectivity index (χ2v) is 8.35. The Bertz CT molecular complexity index is 915. The average Bonchev–Trinajstić information content (AvgIpc) is 3.34. The average molecular weight is 400 g/mol. The van der Waals surface area contributed by atoms with E-state index in [0.29, 0.717) is 11.4 Å². The van der Waals surface area contributed by atoms with Crippen LogP contribution in [0.1, 0.15) is 40.6 Å². The van der Waals surface area contributed by atoms with Gasteiger partial charge in [-0.1, -0.05) is 30.0 Å². The van der Waals surface area contributed by atoms with Gasteiger partial charge in [0.1, 0.15) is 16.5 Å². The molecule has 3 aromatic rings. The molecule has 0 bridgehead atoms. The van der Waals surface area contributed by atoms with Crippen molar-refractivity contribution in [2.45, 2.75) is 37.1 Å². The van der Waals surface area contributed by atoms with Gasteiger partial charge in [-0.15, -0.1) is 21.5 Å². The van der Waals surface area contributed by atoms with Gasteiger partial charge in [0.25, 0.3) is 5.91 Å². The Morgan fingerprint density at radius 3 is 2.70 bits per heavy atom. The molecular formula is C19H21N5OS2. The normalized spacial score (nSPS) is 14.5. The molecule has 2 aromatic heterocycles. The second-order valence-electron chi connectivity index (χ2n) is 6.47. The van der Waals surface area contributed by atoms with Crippen molar-refractivity contribution in [1.29, 1.82) is 0 Å². The monoisotopic (exact) mass is 399 g/mol. The van der Waals surface area contributed by atoms with Crippen LogP contribution in [0.4, 0.5) is 0 Å². The van der Waals surface area contributed by atoms with Crippen LogP contribution >= 0.6 is 23.1 Å². The molecule has 0 unspecified atom stereocenters. The van der Waals surface area contributed by atoms with Crippen molar-refractivity contribution in [3.05, 3.63) is 52.2 Å². The fraction of sp³-hybridized carbons (Fsp3) is 0.368. The topological polar surface area (TPSA) is 63.9 Å². The van der Waals surface area contributed by atoms with E-state index in [9.17, 15) is 4.79 Å². The number of nitrogens with zero attached hydrogens (tertiary/aromatic N) is 5. The predicted molar refractivity (Wildman–Crippen MR) is 108 cm³/mol. The summed E-state index contributed by atoms with van der Waals surface area (Å²) < 4.78 is 2.04. The van der Waals surface area contributed by atoms with Crippen LogP contribution in [0, 0.1) is 6.92 Å². The fourth-order valence-electron chi connectivity index (χ4n) is 3.17. The summed E-state index contributed by atoms with van der Waals surface area (Å²) in [6.07, 6.45) is 3.39. The van der Waals surface area contributed by atoms with Crippen LogP contribution in [0.15, 0.2) is 40.9 Å². The zero-order chi connectivity index (χ0) is 18.6. The van der Waals surface area contributed by atoms with Crippen molar-refractivity contribution in [2.75, 3.05) is 13.1 Å². The maximum atomic E-state index is 12.6. The molecule has 1 fully saturated rings. The summed E-state index contributed by atoms with van der Waals surface area (Å²) in [5.41, 5.74) is 1.61. The molecular weight excluding hydrogens is 378 g/mol. The van der Waals surface area contributed by atoms with Gasteiger partial charge in [0.2, 0.25) is 0 Å². The third-order valence-corrected chi connectivity index (χ3v) is 6.52. The van der Waals surface area contributed by atoms with E-state index in [1.807, 2.05) is 52.1 Å². The highest BCUT2D eigenvalue weighted by Crippen LogP contribution is 2.26. The van der Waals surface area contributed by atoms with Crippen molar-refractivity contribution in [3.8, 4) is 5.69 Å². The number of amides is 1. The minimum atomic E-state index is 0.0606. The first-order valence-electron chi connectivity index (χ1n) is 9.06. The minimum Gasteiger partial charge on any atom is -0.337 e. The van der Waals surface area contributed by atoms with E-state index in [0.717, 1.165) is 47.6 Å². The summed E-state index contributed by atoms with van der Waals surface area (Å²) in [7, 11) is 0. The molecule has 1 aromatic carbocycles. The molecule has 0 N–H and O–H groups in total. The Balaban J connectivity index is 1.45. The van der Waals surface area contributed by atoms with E-state index in [4.69, 9.17) is 0 Å². The molecule has 0 spiro atoms. The standard InChI is InChI=1S/C19H21N5OS2/c1-14-21-22-19(24(14)15-8-4-2-5-9-15)27-13-17-20-16(12-26-17)18(25)23-10-6-3-7-11-23/h2,4-5,8-9,12H,3,6-7,10-11,13H2,1H3. The van der Waals surface area contributed by atoms with Gasteiger partial charge in [-0.05, 0) is 38.3 Å². The smallest absolute Gasteiger partial charge is 0.273 e. The third kappa shape index (κ3) is 4.06. The van der Waals surface area contributed by atoms with Crippen molar-refractivity contribution in [2.24, 2.45) is 0 Å². The first kappa shape index (κ1) is 18.2. The number of piperidine rings is 1. The van der Waals surface area contributed by atoms with Gasteiger partial charge >= 0.3 is 0 Å². The molecule has 27 heavy (non-hydrogen) atoms. The summed E-state index contributed by atoms with van der Waals surface area (Å²) >= 11 is 3.12. The molecule has 3 heterocycles. The lowest BCUT2D eigenvalue weighted by atomic mass is 10.1. The number of thiazole rings is 1. The lowest BCUT2D eigenvalue weighted by molar-refractivity contribution is 0.0719. The van der Waals surface area contributed by atoms with Crippen LogP contribution < -0.4 is 0 Å². The number of hydrogen-bond donors (Lipinski definition) is 0. The van der Waals surface area contributed by atoms with Gasteiger partial charge in [0.05, 0.1) is 5.75 Å². The second kappa shape index (κ2) is 8.22. The Hall–Kier alpha value is -2.19. The molecule has 0 radical (unpaired) electrons. The Labute approximate surface area is 166 Å².